The van der Waals surface area contributed by atoms with Gasteiger partial charge in [-0.1, -0.05) is 0 Å². The Balaban J connectivity index is 0.00000200. The van der Waals surface area contributed by atoms with Gasteiger partial charge in [-0.05, 0) is 13.3 Å². The van der Waals surface area contributed by atoms with Gasteiger partial charge >= 0.3 is 0 Å². The molecule has 0 radical (unpaired) electrons. The highest BCUT2D eigenvalue weighted by molar-refractivity contribution is 14.0. The minimum Gasteiger partial charge on any atom is -0.381 e. The number of aromatic nitrogens is 2. The Labute approximate surface area is 137 Å². The fraction of sp³-hybridized carbons (Fsp3) is 0.692. The first-order valence-corrected chi connectivity index (χ1v) is 6.79. The van der Waals surface area contributed by atoms with E-state index in [1.807, 2.05) is 19.3 Å². The van der Waals surface area contributed by atoms with Crippen LogP contribution in [0.4, 0.5) is 0 Å². The van der Waals surface area contributed by atoms with Crippen LogP contribution >= 0.6 is 24.0 Å². The highest BCUT2D eigenvalue weighted by Crippen LogP contribution is 2.10. The molecule has 1 fully saturated rings. The summed E-state index contributed by atoms with van der Waals surface area (Å²) in [7, 11) is 1.79. The van der Waals surface area contributed by atoms with E-state index in [1.54, 1.807) is 7.05 Å². The zero-order chi connectivity index (χ0) is 13.5. The molecule has 2 N–H and O–H groups in total. The highest BCUT2D eigenvalue weighted by atomic mass is 127. The van der Waals surface area contributed by atoms with Gasteiger partial charge in [-0.25, -0.2) is 4.98 Å². The number of halogens is 1. The number of aliphatic imine (C=N–C) groups is 1. The summed E-state index contributed by atoms with van der Waals surface area (Å²) in [6.07, 6.45) is 4.95. The van der Waals surface area contributed by atoms with E-state index in [0.717, 1.165) is 51.1 Å². The summed E-state index contributed by atoms with van der Waals surface area (Å²) in [5.41, 5.74) is 0. The minimum absolute atomic E-state index is 0. The van der Waals surface area contributed by atoms with Crippen molar-refractivity contribution >= 4 is 29.9 Å². The van der Waals surface area contributed by atoms with Gasteiger partial charge < -0.3 is 19.9 Å². The topological polar surface area (TPSA) is 63.5 Å². The summed E-state index contributed by atoms with van der Waals surface area (Å²) >= 11 is 0. The molecule has 20 heavy (non-hydrogen) atoms. The lowest BCUT2D eigenvalue weighted by atomic mass is 10.1. The molecule has 0 aliphatic carbocycles. The third-order valence-electron chi connectivity index (χ3n) is 3.37. The van der Waals surface area contributed by atoms with Gasteiger partial charge in [-0.2, -0.15) is 0 Å². The first-order chi connectivity index (χ1) is 9.29. The summed E-state index contributed by atoms with van der Waals surface area (Å²) < 4.78 is 7.47. The van der Waals surface area contributed by atoms with Crippen molar-refractivity contribution in [2.75, 3.05) is 33.4 Å². The van der Waals surface area contributed by atoms with Crippen LogP contribution in [-0.2, 0) is 11.3 Å². The highest BCUT2D eigenvalue weighted by Gasteiger charge is 2.15. The van der Waals surface area contributed by atoms with Gasteiger partial charge in [-0.3, -0.25) is 4.99 Å². The lowest BCUT2D eigenvalue weighted by molar-refractivity contribution is 0.186. The van der Waals surface area contributed by atoms with Crippen LogP contribution in [0.1, 0.15) is 12.2 Å². The Kier molecular flexibility index (Phi) is 7.90. The molecule has 1 unspecified atom stereocenters. The normalized spacial score (nSPS) is 18.7. The summed E-state index contributed by atoms with van der Waals surface area (Å²) in [6.45, 7) is 6.39. The Morgan fingerprint density at radius 2 is 2.40 bits per heavy atom. The molecular weight excluding hydrogens is 369 g/mol. The smallest absolute Gasteiger partial charge is 0.191 e. The lowest BCUT2D eigenvalue weighted by Crippen LogP contribution is -2.41. The van der Waals surface area contributed by atoms with Gasteiger partial charge in [0.05, 0.1) is 6.61 Å². The molecule has 1 aromatic rings. The SMILES string of the molecule is CN=C(NCCn1ccnc1C)NCC1CCOC1.I. The molecule has 1 aliphatic rings. The van der Waals surface area contributed by atoms with Crippen molar-refractivity contribution in [3.05, 3.63) is 18.2 Å². The second-order valence-electron chi connectivity index (χ2n) is 4.78. The molecule has 2 rings (SSSR count). The van der Waals surface area contributed by atoms with Crippen molar-refractivity contribution in [3.8, 4) is 0 Å². The lowest BCUT2D eigenvalue weighted by Gasteiger charge is -2.14. The summed E-state index contributed by atoms with van der Waals surface area (Å²) in [5.74, 6) is 2.49. The molecule has 0 spiro atoms. The standard InChI is InChI=1S/C13H23N5O.HI/c1-11-15-4-6-18(11)7-5-16-13(14-2)17-9-12-3-8-19-10-12;/h4,6,12H,3,5,7-10H2,1-2H3,(H2,14,16,17);1H. The van der Waals surface area contributed by atoms with Gasteiger partial charge in [0, 0.05) is 51.6 Å². The van der Waals surface area contributed by atoms with Crippen molar-refractivity contribution in [3.63, 3.8) is 0 Å². The maximum absolute atomic E-state index is 5.36. The zero-order valence-electron chi connectivity index (χ0n) is 12.1. The second kappa shape index (κ2) is 9.17. The van der Waals surface area contributed by atoms with E-state index in [1.165, 1.54) is 0 Å². The number of nitrogens with zero attached hydrogens (tertiary/aromatic N) is 3. The first-order valence-electron chi connectivity index (χ1n) is 6.79. The molecule has 7 heteroatoms. The van der Waals surface area contributed by atoms with E-state index >= 15 is 0 Å². The fourth-order valence-corrected chi connectivity index (χ4v) is 2.14. The van der Waals surface area contributed by atoms with Crippen LogP contribution in [0.2, 0.25) is 0 Å². The van der Waals surface area contributed by atoms with Crippen LogP contribution in [0.5, 0.6) is 0 Å². The maximum Gasteiger partial charge on any atom is 0.191 e. The summed E-state index contributed by atoms with van der Waals surface area (Å²) in [5, 5.41) is 6.65. The number of hydrogen-bond donors (Lipinski definition) is 2. The van der Waals surface area contributed by atoms with Crippen LogP contribution in [0.3, 0.4) is 0 Å². The third-order valence-corrected chi connectivity index (χ3v) is 3.37. The Hall–Kier alpha value is -0.830. The number of ether oxygens (including phenoxy) is 1. The molecule has 0 amide bonds. The Morgan fingerprint density at radius 1 is 1.55 bits per heavy atom. The molecule has 2 heterocycles. The largest absolute Gasteiger partial charge is 0.381 e. The van der Waals surface area contributed by atoms with E-state index in [9.17, 15) is 0 Å². The molecule has 1 saturated heterocycles. The average Bonchev–Trinajstić information content (AvgIpc) is 3.06. The summed E-state index contributed by atoms with van der Waals surface area (Å²) in [6, 6.07) is 0. The molecule has 1 atom stereocenters. The number of rotatable bonds is 5. The number of imidazole rings is 1. The number of guanidine groups is 1. The quantitative estimate of drug-likeness (QED) is 0.446. The van der Waals surface area contributed by atoms with Crippen LogP contribution in [0.15, 0.2) is 17.4 Å². The minimum atomic E-state index is 0. The van der Waals surface area contributed by atoms with Crippen LogP contribution in [0.25, 0.3) is 0 Å². The van der Waals surface area contributed by atoms with E-state index in [2.05, 4.69) is 25.2 Å². The van der Waals surface area contributed by atoms with Gasteiger partial charge in [0.25, 0.3) is 0 Å². The Bertz CT molecular complexity index is 415. The van der Waals surface area contributed by atoms with Gasteiger partial charge in [-0.15, -0.1) is 24.0 Å². The van der Waals surface area contributed by atoms with E-state index < -0.39 is 0 Å². The predicted molar refractivity (Wildman–Crippen MR) is 90.7 cm³/mol. The molecule has 6 nitrogen and oxygen atoms in total. The van der Waals surface area contributed by atoms with Gasteiger partial charge in [0.2, 0.25) is 0 Å². The average molecular weight is 393 g/mol. The monoisotopic (exact) mass is 393 g/mol. The van der Waals surface area contributed by atoms with Crippen LogP contribution < -0.4 is 10.6 Å². The van der Waals surface area contributed by atoms with E-state index in [0.29, 0.717) is 5.92 Å². The Morgan fingerprint density at radius 3 is 3.00 bits per heavy atom. The third kappa shape index (κ3) is 5.28. The van der Waals surface area contributed by atoms with Crippen molar-refractivity contribution in [2.45, 2.75) is 19.9 Å². The van der Waals surface area contributed by atoms with Gasteiger partial charge in [0.15, 0.2) is 5.96 Å². The molecule has 114 valence electrons. The number of nitrogens with one attached hydrogen (secondary N) is 2. The van der Waals surface area contributed by atoms with E-state index in [4.69, 9.17) is 4.74 Å². The fourth-order valence-electron chi connectivity index (χ4n) is 2.14. The van der Waals surface area contributed by atoms with Crippen molar-refractivity contribution in [2.24, 2.45) is 10.9 Å². The van der Waals surface area contributed by atoms with Crippen molar-refractivity contribution < 1.29 is 4.74 Å². The van der Waals surface area contributed by atoms with Gasteiger partial charge in [0.1, 0.15) is 5.82 Å². The number of hydrogen-bond acceptors (Lipinski definition) is 3. The van der Waals surface area contributed by atoms with Crippen LogP contribution in [-0.4, -0.2) is 48.9 Å². The molecule has 0 bridgehead atoms. The van der Waals surface area contributed by atoms with Crippen molar-refractivity contribution in [1.82, 2.24) is 20.2 Å². The second-order valence-corrected chi connectivity index (χ2v) is 4.78. The van der Waals surface area contributed by atoms with Crippen molar-refractivity contribution in [1.29, 1.82) is 0 Å². The molecule has 1 aliphatic heterocycles. The molecular formula is C13H24IN5O. The first kappa shape index (κ1) is 17.2. The maximum atomic E-state index is 5.36. The van der Waals surface area contributed by atoms with Crippen LogP contribution in [0, 0.1) is 12.8 Å². The molecule has 1 aromatic heterocycles. The summed E-state index contributed by atoms with van der Waals surface area (Å²) in [4.78, 5) is 8.42. The zero-order valence-corrected chi connectivity index (χ0v) is 14.5. The molecule has 0 aromatic carbocycles. The predicted octanol–water partition coefficient (Wildman–Crippen LogP) is 1.01. The number of aryl methyl sites for hydroxylation is 1. The van der Waals surface area contributed by atoms with E-state index in [-0.39, 0.29) is 24.0 Å². The molecule has 0 saturated carbocycles.